The van der Waals surface area contributed by atoms with Gasteiger partial charge in [-0.05, 0) is 0 Å². The Labute approximate surface area is 57.5 Å². The number of nitrogens with two attached hydrogens (primary N) is 1. The van der Waals surface area contributed by atoms with E-state index in [0.29, 0.717) is 0 Å². The lowest BCUT2D eigenvalue weighted by molar-refractivity contribution is -0.135. The zero-order valence-electron chi connectivity index (χ0n) is 5.15. The second-order valence-electron chi connectivity index (χ2n) is 1.61. The van der Waals surface area contributed by atoms with Gasteiger partial charge < -0.3 is 15.7 Å². The predicted octanol–water partition coefficient (Wildman–Crippen LogP) is -1.24. The number of nitrogens with one attached hydrogen (secondary N) is 1. The highest BCUT2D eigenvalue weighted by Gasteiger charge is 2.14. The number of carboxylic acid groups (broad SMARTS) is 1. The molecule has 0 rings (SSSR count). The van der Waals surface area contributed by atoms with E-state index in [2.05, 4.69) is 0 Å². The molecule has 6 nitrogen and oxygen atoms in total. The first-order valence-corrected chi connectivity index (χ1v) is 4.31. The van der Waals surface area contributed by atoms with E-state index in [4.69, 9.17) is 15.7 Å². The molecule has 0 aliphatic heterocycles. The third-order valence-electron chi connectivity index (χ3n) is 0.725. The molecule has 0 aromatic carbocycles. The van der Waals surface area contributed by atoms with Crippen LogP contribution in [0.5, 0.6) is 0 Å². The minimum atomic E-state index is -3.58. The van der Waals surface area contributed by atoms with E-state index in [1.54, 1.807) is 0 Å². The molecule has 0 saturated heterocycles. The van der Waals surface area contributed by atoms with Gasteiger partial charge in [-0.15, -0.1) is 0 Å². The normalized spacial score (nSPS) is 16.2. The van der Waals surface area contributed by atoms with Crippen molar-refractivity contribution in [2.75, 3.05) is 12.8 Å². The molecule has 7 heteroatoms. The molecule has 0 radical (unpaired) electrons. The van der Waals surface area contributed by atoms with Crippen LogP contribution in [0.15, 0.2) is 0 Å². The highest BCUT2D eigenvalue weighted by Crippen LogP contribution is 2.31. The summed E-state index contributed by atoms with van der Waals surface area (Å²) in [6.45, 7) is -0.551. The largest absolute Gasteiger partial charge is 0.480 e. The molecule has 5 N–H and O–H groups in total. The molecule has 1 unspecified atom stereocenters. The first-order chi connectivity index (χ1) is 4.48. The molecule has 0 aliphatic carbocycles. The van der Waals surface area contributed by atoms with Gasteiger partial charge in [-0.25, -0.2) is 5.09 Å². The minimum Gasteiger partial charge on any atom is -0.480 e. The topological polar surface area (TPSA) is 113 Å². The summed E-state index contributed by atoms with van der Waals surface area (Å²) >= 11 is 0. The van der Waals surface area contributed by atoms with Gasteiger partial charge in [0.2, 0.25) is 0 Å². The van der Waals surface area contributed by atoms with Gasteiger partial charge in [0.15, 0.2) is 0 Å². The first-order valence-electron chi connectivity index (χ1n) is 2.47. The van der Waals surface area contributed by atoms with Crippen LogP contribution in [0.2, 0.25) is 0 Å². The second kappa shape index (κ2) is 3.68. The van der Waals surface area contributed by atoms with E-state index < -0.39 is 26.3 Å². The quantitative estimate of drug-likeness (QED) is 0.390. The van der Waals surface area contributed by atoms with Crippen molar-refractivity contribution in [2.45, 2.75) is 0 Å². The molecule has 0 aromatic heterocycles. The summed E-state index contributed by atoms with van der Waals surface area (Å²) in [6.07, 6.45) is -0.458. The average Bonchev–Trinajstić information content (AvgIpc) is 1.85. The lowest BCUT2D eigenvalue weighted by atomic mass is 10.7. The van der Waals surface area contributed by atoms with Crippen molar-refractivity contribution in [1.29, 1.82) is 0 Å². The lowest BCUT2D eigenvalue weighted by Crippen LogP contribution is -2.22. The molecule has 0 aromatic rings. The number of hydrogen-bond acceptors (Lipinski definition) is 3. The molecule has 60 valence electrons. The van der Waals surface area contributed by atoms with Crippen LogP contribution in [0.1, 0.15) is 0 Å². The second-order valence-corrected chi connectivity index (χ2v) is 3.70. The van der Waals surface area contributed by atoms with E-state index in [1.807, 2.05) is 5.09 Å². The number of rotatable bonds is 4. The van der Waals surface area contributed by atoms with Gasteiger partial charge in [-0.3, -0.25) is 9.36 Å². The van der Waals surface area contributed by atoms with E-state index in [0.717, 1.165) is 0 Å². The van der Waals surface area contributed by atoms with Gasteiger partial charge in [0.1, 0.15) is 6.54 Å². The number of carbonyl (C=O) groups is 1. The van der Waals surface area contributed by atoms with Gasteiger partial charge >= 0.3 is 5.97 Å². The fraction of sp³-hybridized carbons (Fsp3) is 0.667. The molecule has 0 heterocycles. The van der Waals surface area contributed by atoms with Gasteiger partial charge in [-0.1, -0.05) is 0 Å². The monoisotopic (exact) mass is 168 g/mol. The molecular weight excluding hydrogens is 159 g/mol. The molecule has 0 spiro atoms. The number of carboxylic acids is 1. The maximum absolute atomic E-state index is 10.5. The smallest absolute Gasteiger partial charge is 0.317 e. The van der Waals surface area contributed by atoms with Crippen molar-refractivity contribution in [1.82, 2.24) is 5.09 Å². The summed E-state index contributed by atoms with van der Waals surface area (Å²) in [7, 11) is -3.58. The molecule has 0 fully saturated rings. The molecular formula is C3H9N2O4P. The van der Waals surface area contributed by atoms with Crippen molar-refractivity contribution in [2.24, 2.45) is 5.73 Å². The molecule has 10 heavy (non-hydrogen) atoms. The number of aliphatic carboxylic acids is 1. The molecule has 0 bridgehead atoms. The van der Waals surface area contributed by atoms with Crippen LogP contribution in [0.4, 0.5) is 0 Å². The molecule has 0 aliphatic rings. The third kappa shape index (κ3) is 4.46. The van der Waals surface area contributed by atoms with E-state index in [9.17, 15) is 9.36 Å². The number of hydrogen-bond donors (Lipinski definition) is 4. The van der Waals surface area contributed by atoms with Crippen molar-refractivity contribution >= 4 is 13.5 Å². The highest BCUT2D eigenvalue weighted by atomic mass is 31.2. The molecule has 1 atom stereocenters. The maximum atomic E-state index is 10.5. The van der Waals surface area contributed by atoms with Gasteiger partial charge in [0.25, 0.3) is 7.52 Å². The van der Waals surface area contributed by atoms with Crippen molar-refractivity contribution in [3.05, 3.63) is 0 Å². The van der Waals surface area contributed by atoms with Crippen LogP contribution in [-0.4, -0.2) is 28.8 Å². The highest BCUT2D eigenvalue weighted by molar-refractivity contribution is 7.55. The van der Waals surface area contributed by atoms with E-state index in [-0.39, 0.29) is 0 Å². The summed E-state index contributed by atoms with van der Waals surface area (Å²) < 4.78 is 10.5. The SMILES string of the molecule is NCP(=O)(O)NCC(=O)O. The van der Waals surface area contributed by atoms with Gasteiger partial charge in [0, 0.05) is 0 Å². The summed E-state index contributed by atoms with van der Waals surface area (Å²) in [5.41, 5.74) is 4.82. The van der Waals surface area contributed by atoms with E-state index >= 15 is 0 Å². The molecule has 0 saturated carbocycles. The summed E-state index contributed by atoms with van der Waals surface area (Å²) in [4.78, 5) is 18.5. The lowest BCUT2D eigenvalue weighted by Gasteiger charge is -2.07. The van der Waals surface area contributed by atoms with Crippen molar-refractivity contribution in [3.8, 4) is 0 Å². The fourth-order valence-corrected chi connectivity index (χ4v) is 0.767. The zero-order valence-corrected chi connectivity index (χ0v) is 6.04. The van der Waals surface area contributed by atoms with Crippen molar-refractivity contribution in [3.63, 3.8) is 0 Å². The van der Waals surface area contributed by atoms with Crippen LogP contribution in [0, 0.1) is 0 Å². The minimum absolute atomic E-state index is 0.458. The van der Waals surface area contributed by atoms with Crippen LogP contribution in [0.25, 0.3) is 0 Å². The first kappa shape index (κ1) is 9.58. The Morgan fingerprint density at radius 2 is 2.20 bits per heavy atom. The van der Waals surface area contributed by atoms with Gasteiger partial charge in [0.05, 0.1) is 6.29 Å². The third-order valence-corrected chi connectivity index (χ3v) is 1.87. The average molecular weight is 168 g/mol. The molecule has 0 amide bonds. The zero-order chi connectivity index (χ0) is 8.20. The standard InChI is InChI=1S/C3H9N2O4P/c4-2-10(8,9)5-1-3(6)7/h1-2,4H2,(H,6,7)(H2,5,8,9). The Hall–Kier alpha value is -0.420. The van der Waals surface area contributed by atoms with Crippen LogP contribution >= 0.6 is 7.52 Å². The van der Waals surface area contributed by atoms with Crippen LogP contribution in [0.3, 0.4) is 0 Å². The van der Waals surface area contributed by atoms with E-state index in [1.165, 1.54) is 0 Å². The summed E-state index contributed by atoms with van der Waals surface area (Å²) in [6, 6.07) is 0. The summed E-state index contributed by atoms with van der Waals surface area (Å²) in [5, 5.41) is 9.93. The Morgan fingerprint density at radius 3 is 2.50 bits per heavy atom. The fourth-order valence-electron chi connectivity index (χ4n) is 0.256. The summed E-state index contributed by atoms with van der Waals surface area (Å²) in [5.74, 6) is -1.19. The van der Waals surface area contributed by atoms with Crippen molar-refractivity contribution < 1.29 is 19.4 Å². The van der Waals surface area contributed by atoms with Gasteiger partial charge in [-0.2, -0.15) is 0 Å². The Morgan fingerprint density at radius 1 is 1.70 bits per heavy atom. The Balaban J connectivity index is 3.68. The predicted molar refractivity (Wildman–Crippen MR) is 34.5 cm³/mol. The Bertz CT molecular complexity index is 170. The van der Waals surface area contributed by atoms with Crippen LogP contribution < -0.4 is 10.8 Å². The Kier molecular flexibility index (Phi) is 3.52. The van der Waals surface area contributed by atoms with Crippen LogP contribution in [-0.2, 0) is 9.36 Å². The maximum Gasteiger partial charge on any atom is 0.317 e.